The summed E-state index contributed by atoms with van der Waals surface area (Å²) in [5, 5.41) is 11.0. The first-order valence-corrected chi connectivity index (χ1v) is 5.45. The molecule has 0 aliphatic rings. The van der Waals surface area contributed by atoms with Crippen molar-refractivity contribution >= 4 is 11.8 Å². The smallest absolute Gasteiger partial charge is 0.258 e. The van der Waals surface area contributed by atoms with Crippen LogP contribution in [-0.2, 0) is 0 Å². The Morgan fingerprint density at radius 2 is 1.74 bits per heavy atom. The van der Waals surface area contributed by atoms with E-state index in [-0.39, 0.29) is 11.3 Å². The standard InChI is InChI=1S/C14H9F2NO2/c15-12-8-4-7-11(14(12)16)9-13(17(18)19)10-5-2-1-3-6-10/h1-9H. The average Bonchev–Trinajstić information content (AvgIpc) is 2.41. The topological polar surface area (TPSA) is 43.1 Å². The van der Waals surface area contributed by atoms with Crippen molar-refractivity contribution < 1.29 is 13.7 Å². The van der Waals surface area contributed by atoms with E-state index in [1.165, 1.54) is 24.3 Å². The first-order valence-electron chi connectivity index (χ1n) is 5.45. The molecule has 0 amide bonds. The summed E-state index contributed by atoms with van der Waals surface area (Å²) < 4.78 is 26.6. The Hall–Kier alpha value is -2.56. The van der Waals surface area contributed by atoms with Crippen LogP contribution in [0.3, 0.4) is 0 Å². The predicted molar refractivity (Wildman–Crippen MR) is 67.7 cm³/mol. The largest absolute Gasteiger partial charge is 0.277 e. The van der Waals surface area contributed by atoms with Gasteiger partial charge >= 0.3 is 0 Å². The second-order valence-corrected chi connectivity index (χ2v) is 3.80. The Kier molecular flexibility index (Phi) is 3.66. The number of hydrogen-bond donors (Lipinski definition) is 0. The monoisotopic (exact) mass is 261 g/mol. The molecule has 2 aromatic carbocycles. The molecule has 0 unspecified atom stereocenters. The second-order valence-electron chi connectivity index (χ2n) is 3.80. The third-order valence-corrected chi connectivity index (χ3v) is 2.54. The molecular formula is C14H9F2NO2. The lowest BCUT2D eigenvalue weighted by atomic mass is 10.1. The molecular weight excluding hydrogens is 252 g/mol. The van der Waals surface area contributed by atoms with Gasteiger partial charge in [-0.05, 0) is 18.2 Å². The lowest BCUT2D eigenvalue weighted by Crippen LogP contribution is -1.98. The number of benzene rings is 2. The highest BCUT2D eigenvalue weighted by Crippen LogP contribution is 2.21. The van der Waals surface area contributed by atoms with Crippen LogP contribution in [0, 0.1) is 21.7 Å². The highest BCUT2D eigenvalue weighted by atomic mass is 19.2. The normalized spacial score (nSPS) is 11.4. The van der Waals surface area contributed by atoms with E-state index >= 15 is 0 Å². The Bertz CT molecular complexity index is 639. The Balaban J connectivity index is 2.54. The van der Waals surface area contributed by atoms with Gasteiger partial charge < -0.3 is 0 Å². The van der Waals surface area contributed by atoms with Gasteiger partial charge in [-0.25, -0.2) is 8.78 Å². The predicted octanol–water partition coefficient (Wildman–Crippen LogP) is 3.74. The molecule has 0 bridgehead atoms. The highest BCUT2D eigenvalue weighted by Gasteiger charge is 2.16. The average molecular weight is 261 g/mol. The van der Waals surface area contributed by atoms with Gasteiger partial charge in [0.25, 0.3) is 5.70 Å². The van der Waals surface area contributed by atoms with Crippen molar-refractivity contribution in [3.63, 3.8) is 0 Å². The molecule has 0 atom stereocenters. The van der Waals surface area contributed by atoms with Crippen LogP contribution in [0.2, 0.25) is 0 Å². The van der Waals surface area contributed by atoms with E-state index in [2.05, 4.69) is 0 Å². The van der Waals surface area contributed by atoms with Gasteiger partial charge in [-0.15, -0.1) is 0 Å². The zero-order valence-corrected chi connectivity index (χ0v) is 9.72. The first kappa shape index (κ1) is 12.9. The number of nitrogens with zero attached hydrogens (tertiary/aromatic N) is 1. The lowest BCUT2D eigenvalue weighted by molar-refractivity contribution is -0.374. The molecule has 0 aliphatic heterocycles. The molecule has 3 nitrogen and oxygen atoms in total. The fourth-order valence-electron chi connectivity index (χ4n) is 1.63. The summed E-state index contributed by atoms with van der Waals surface area (Å²) in [4.78, 5) is 10.4. The highest BCUT2D eigenvalue weighted by molar-refractivity contribution is 5.76. The van der Waals surface area contributed by atoms with Crippen molar-refractivity contribution in [2.24, 2.45) is 0 Å². The summed E-state index contributed by atoms with van der Waals surface area (Å²) in [6.45, 7) is 0. The van der Waals surface area contributed by atoms with Gasteiger partial charge in [0, 0.05) is 11.6 Å². The van der Waals surface area contributed by atoms with Crippen molar-refractivity contribution in [2.75, 3.05) is 0 Å². The van der Waals surface area contributed by atoms with Crippen LogP contribution in [0.4, 0.5) is 8.78 Å². The van der Waals surface area contributed by atoms with Crippen LogP contribution in [0.25, 0.3) is 11.8 Å². The Labute approximate surface area is 108 Å². The van der Waals surface area contributed by atoms with Crippen molar-refractivity contribution in [1.82, 2.24) is 0 Å². The summed E-state index contributed by atoms with van der Waals surface area (Å²) in [6.07, 6.45) is 1.02. The van der Waals surface area contributed by atoms with Crippen molar-refractivity contribution in [1.29, 1.82) is 0 Å². The second kappa shape index (κ2) is 5.39. The Morgan fingerprint density at radius 1 is 1.05 bits per heavy atom. The molecule has 0 fully saturated rings. The minimum Gasteiger partial charge on any atom is -0.258 e. The molecule has 2 aromatic rings. The molecule has 0 saturated carbocycles. The van der Waals surface area contributed by atoms with Crippen LogP contribution >= 0.6 is 0 Å². The maximum atomic E-state index is 13.5. The van der Waals surface area contributed by atoms with E-state index in [0.717, 1.165) is 12.1 Å². The molecule has 0 N–H and O–H groups in total. The maximum absolute atomic E-state index is 13.5. The summed E-state index contributed by atoms with van der Waals surface area (Å²) in [5.41, 5.74) is -0.114. The maximum Gasteiger partial charge on any atom is 0.277 e. The van der Waals surface area contributed by atoms with E-state index in [4.69, 9.17) is 0 Å². The minimum absolute atomic E-state index is 0.157. The molecule has 0 spiro atoms. The Morgan fingerprint density at radius 3 is 2.37 bits per heavy atom. The van der Waals surface area contributed by atoms with Crippen LogP contribution in [0.1, 0.15) is 11.1 Å². The molecule has 0 saturated heterocycles. The van der Waals surface area contributed by atoms with Gasteiger partial charge in [-0.2, -0.15) is 0 Å². The summed E-state index contributed by atoms with van der Waals surface area (Å²) >= 11 is 0. The SMILES string of the molecule is O=[N+]([O-])C(=Cc1cccc(F)c1F)c1ccccc1. The molecule has 0 radical (unpaired) electrons. The summed E-state index contributed by atoms with van der Waals surface area (Å²) in [5.74, 6) is -2.14. The van der Waals surface area contributed by atoms with E-state index in [9.17, 15) is 18.9 Å². The lowest BCUT2D eigenvalue weighted by Gasteiger charge is -2.01. The molecule has 96 valence electrons. The van der Waals surface area contributed by atoms with E-state index in [0.29, 0.717) is 5.56 Å². The van der Waals surface area contributed by atoms with Gasteiger partial charge in [-0.1, -0.05) is 30.3 Å². The van der Waals surface area contributed by atoms with Crippen molar-refractivity contribution in [3.8, 4) is 0 Å². The number of nitro groups is 1. The fourth-order valence-corrected chi connectivity index (χ4v) is 1.63. The number of hydrogen-bond acceptors (Lipinski definition) is 2. The molecule has 5 heteroatoms. The van der Waals surface area contributed by atoms with Crippen LogP contribution in [-0.4, -0.2) is 4.92 Å². The molecule has 0 aliphatic carbocycles. The van der Waals surface area contributed by atoms with Crippen molar-refractivity contribution in [3.05, 3.63) is 81.4 Å². The van der Waals surface area contributed by atoms with Crippen LogP contribution < -0.4 is 0 Å². The zero-order chi connectivity index (χ0) is 13.8. The van der Waals surface area contributed by atoms with E-state index in [1.54, 1.807) is 18.2 Å². The van der Waals surface area contributed by atoms with Crippen molar-refractivity contribution in [2.45, 2.75) is 0 Å². The van der Waals surface area contributed by atoms with Gasteiger partial charge in [0.05, 0.1) is 10.5 Å². The van der Waals surface area contributed by atoms with Crippen LogP contribution in [0.15, 0.2) is 48.5 Å². The van der Waals surface area contributed by atoms with Crippen LogP contribution in [0.5, 0.6) is 0 Å². The molecule has 19 heavy (non-hydrogen) atoms. The summed E-state index contributed by atoms with van der Waals surface area (Å²) in [7, 11) is 0. The van der Waals surface area contributed by atoms with Gasteiger partial charge in [0.2, 0.25) is 0 Å². The summed E-state index contributed by atoms with van der Waals surface area (Å²) in [6, 6.07) is 11.6. The third kappa shape index (κ3) is 2.82. The van der Waals surface area contributed by atoms with E-state index < -0.39 is 16.6 Å². The van der Waals surface area contributed by atoms with Gasteiger partial charge in [0.1, 0.15) is 0 Å². The van der Waals surface area contributed by atoms with Gasteiger partial charge in [0.15, 0.2) is 11.6 Å². The quantitative estimate of drug-likeness (QED) is 0.480. The van der Waals surface area contributed by atoms with Gasteiger partial charge in [-0.3, -0.25) is 10.1 Å². The number of halogens is 2. The molecule has 0 heterocycles. The third-order valence-electron chi connectivity index (χ3n) is 2.54. The number of rotatable bonds is 3. The van der Waals surface area contributed by atoms with E-state index in [1.807, 2.05) is 0 Å². The first-order chi connectivity index (χ1) is 9.09. The molecule has 0 aromatic heterocycles. The molecule has 2 rings (SSSR count). The zero-order valence-electron chi connectivity index (χ0n) is 9.72. The minimum atomic E-state index is -1.10. The fraction of sp³-hybridized carbons (Fsp3) is 0.